The first-order valence-electron chi connectivity index (χ1n) is 6.42. The van der Waals surface area contributed by atoms with Gasteiger partial charge in [-0.1, -0.05) is 6.07 Å². The largest absolute Gasteiger partial charge is 0.289 e. The van der Waals surface area contributed by atoms with Crippen molar-refractivity contribution < 1.29 is 9.18 Å². The maximum absolute atomic E-state index is 13.2. The highest BCUT2D eigenvalue weighted by atomic mass is 79.9. The molecule has 0 spiro atoms. The minimum absolute atomic E-state index is 0.141. The van der Waals surface area contributed by atoms with Gasteiger partial charge >= 0.3 is 0 Å². The van der Waals surface area contributed by atoms with Crippen LogP contribution in [0.4, 0.5) is 4.39 Å². The number of hydrogen-bond donors (Lipinski definition) is 0. The number of halogens is 2. The lowest BCUT2D eigenvalue weighted by atomic mass is 10.0. The summed E-state index contributed by atoms with van der Waals surface area (Å²) in [6.45, 7) is 1.93. The molecule has 0 unspecified atom stereocenters. The van der Waals surface area contributed by atoms with Crippen LogP contribution in [0.1, 0.15) is 21.6 Å². The van der Waals surface area contributed by atoms with Crippen molar-refractivity contribution in [1.82, 2.24) is 4.98 Å². The van der Waals surface area contributed by atoms with E-state index in [1.807, 2.05) is 25.1 Å². The SMILES string of the molecule is Cc1ccc2cc(C(=O)c3ccc(F)c(Br)c3)ccc2n1. The van der Waals surface area contributed by atoms with E-state index in [4.69, 9.17) is 0 Å². The molecule has 3 aromatic rings. The van der Waals surface area contributed by atoms with Crippen LogP contribution in [0.2, 0.25) is 0 Å². The van der Waals surface area contributed by atoms with Crippen molar-refractivity contribution in [2.75, 3.05) is 0 Å². The van der Waals surface area contributed by atoms with Crippen LogP contribution in [0.25, 0.3) is 10.9 Å². The molecular formula is C17H11BrFNO. The summed E-state index contributed by atoms with van der Waals surface area (Å²) in [4.78, 5) is 16.9. The second kappa shape index (κ2) is 5.37. The van der Waals surface area contributed by atoms with Crippen molar-refractivity contribution in [3.05, 3.63) is 75.6 Å². The maximum Gasteiger partial charge on any atom is 0.193 e. The molecule has 0 aliphatic rings. The normalized spacial score (nSPS) is 10.8. The van der Waals surface area contributed by atoms with Crippen LogP contribution < -0.4 is 0 Å². The van der Waals surface area contributed by atoms with Crippen molar-refractivity contribution in [2.24, 2.45) is 0 Å². The zero-order chi connectivity index (χ0) is 15.0. The summed E-state index contributed by atoms with van der Waals surface area (Å²) in [5.41, 5.74) is 2.80. The van der Waals surface area contributed by atoms with Gasteiger partial charge in [-0.3, -0.25) is 9.78 Å². The Hall–Kier alpha value is -2.07. The summed E-state index contributed by atoms with van der Waals surface area (Å²) < 4.78 is 13.5. The quantitative estimate of drug-likeness (QED) is 0.632. The molecule has 0 saturated carbocycles. The molecule has 2 aromatic carbocycles. The lowest BCUT2D eigenvalue weighted by Gasteiger charge is -2.05. The predicted molar refractivity (Wildman–Crippen MR) is 84.0 cm³/mol. The highest BCUT2D eigenvalue weighted by Gasteiger charge is 2.12. The van der Waals surface area contributed by atoms with Gasteiger partial charge in [0.1, 0.15) is 5.82 Å². The first-order valence-corrected chi connectivity index (χ1v) is 7.21. The third-order valence-corrected chi connectivity index (χ3v) is 3.88. The molecule has 0 atom stereocenters. The minimum atomic E-state index is -0.385. The Kier molecular flexibility index (Phi) is 3.55. The molecular weight excluding hydrogens is 333 g/mol. The van der Waals surface area contributed by atoms with Gasteiger partial charge in [0.05, 0.1) is 9.99 Å². The van der Waals surface area contributed by atoms with Crippen LogP contribution in [-0.4, -0.2) is 10.8 Å². The summed E-state index contributed by atoms with van der Waals surface area (Å²) in [6.07, 6.45) is 0. The number of hydrogen-bond acceptors (Lipinski definition) is 2. The van der Waals surface area contributed by atoms with Gasteiger partial charge in [0.2, 0.25) is 0 Å². The van der Waals surface area contributed by atoms with Gasteiger partial charge in [-0.2, -0.15) is 0 Å². The van der Waals surface area contributed by atoms with Crippen LogP contribution in [0, 0.1) is 12.7 Å². The second-order valence-electron chi connectivity index (χ2n) is 4.82. The standard InChI is InChI=1S/C17H11BrFNO/c1-10-2-3-11-8-12(5-7-16(11)20-10)17(21)13-4-6-15(19)14(18)9-13/h2-9H,1H3. The highest BCUT2D eigenvalue weighted by Crippen LogP contribution is 2.21. The molecule has 0 fully saturated rings. The number of ketones is 1. The van der Waals surface area contributed by atoms with E-state index in [0.29, 0.717) is 11.1 Å². The second-order valence-corrected chi connectivity index (χ2v) is 5.67. The molecule has 0 aliphatic carbocycles. The fraction of sp³-hybridized carbons (Fsp3) is 0.0588. The third kappa shape index (κ3) is 2.72. The summed E-state index contributed by atoms with van der Waals surface area (Å²) in [6, 6.07) is 13.5. The van der Waals surface area contributed by atoms with Crippen LogP contribution >= 0.6 is 15.9 Å². The number of nitrogens with zero attached hydrogens (tertiary/aromatic N) is 1. The third-order valence-electron chi connectivity index (χ3n) is 3.27. The minimum Gasteiger partial charge on any atom is -0.289 e. The number of pyridine rings is 1. The van der Waals surface area contributed by atoms with Crippen molar-refractivity contribution in [3.63, 3.8) is 0 Å². The smallest absolute Gasteiger partial charge is 0.193 e. The van der Waals surface area contributed by atoms with Crippen molar-refractivity contribution in [3.8, 4) is 0 Å². The predicted octanol–water partition coefficient (Wildman–Crippen LogP) is 4.68. The lowest BCUT2D eigenvalue weighted by Crippen LogP contribution is -2.02. The Morgan fingerprint density at radius 1 is 1.05 bits per heavy atom. The van der Waals surface area contributed by atoms with E-state index in [0.717, 1.165) is 16.6 Å². The molecule has 0 radical (unpaired) electrons. The Bertz CT molecular complexity index is 861. The number of benzene rings is 2. The molecule has 0 amide bonds. The van der Waals surface area contributed by atoms with E-state index >= 15 is 0 Å². The average molecular weight is 344 g/mol. The lowest BCUT2D eigenvalue weighted by molar-refractivity contribution is 0.103. The molecule has 0 aliphatic heterocycles. The van der Waals surface area contributed by atoms with E-state index in [1.54, 1.807) is 12.1 Å². The van der Waals surface area contributed by atoms with Gasteiger partial charge in [0.25, 0.3) is 0 Å². The highest BCUT2D eigenvalue weighted by molar-refractivity contribution is 9.10. The molecule has 0 N–H and O–H groups in total. The van der Waals surface area contributed by atoms with Gasteiger partial charge < -0.3 is 0 Å². The Balaban J connectivity index is 2.04. The summed E-state index contributed by atoms with van der Waals surface area (Å²) in [5.74, 6) is -0.525. The fourth-order valence-electron chi connectivity index (χ4n) is 2.17. The number of carbonyl (C=O) groups is 1. The first kappa shape index (κ1) is 13.9. The van der Waals surface area contributed by atoms with Gasteiger partial charge in [0.15, 0.2) is 5.78 Å². The first-order chi connectivity index (χ1) is 10.0. The molecule has 0 bridgehead atoms. The molecule has 2 nitrogen and oxygen atoms in total. The fourth-order valence-corrected chi connectivity index (χ4v) is 2.55. The maximum atomic E-state index is 13.2. The van der Waals surface area contributed by atoms with Crippen LogP contribution in [0.3, 0.4) is 0 Å². The Morgan fingerprint density at radius 2 is 1.76 bits per heavy atom. The van der Waals surface area contributed by atoms with E-state index in [-0.39, 0.29) is 16.1 Å². The van der Waals surface area contributed by atoms with E-state index in [9.17, 15) is 9.18 Å². The Labute approximate surface area is 129 Å². The molecule has 1 aromatic heterocycles. The van der Waals surface area contributed by atoms with Crippen LogP contribution in [0.15, 0.2) is 53.0 Å². The summed E-state index contributed by atoms with van der Waals surface area (Å²) in [5, 5.41) is 0.910. The van der Waals surface area contributed by atoms with Crippen molar-refractivity contribution in [2.45, 2.75) is 6.92 Å². The number of aromatic nitrogens is 1. The van der Waals surface area contributed by atoms with Gasteiger partial charge in [0, 0.05) is 22.2 Å². The topological polar surface area (TPSA) is 30.0 Å². The molecule has 1 heterocycles. The molecule has 104 valence electrons. The van der Waals surface area contributed by atoms with Gasteiger partial charge in [-0.15, -0.1) is 0 Å². The van der Waals surface area contributed by atoms with E-state index in [2.05, 4.69) is 20.9 Å². The van der Waals surface area contributed by atoms with Crippen molar-refractivity contribution >= 4 is 32.6 Å². The molecule has 0 saturated heterocycles. The number of rotatable bonds is 2. The van der Waals surface area contributed by atoms with Crippen molar-refractivity contribution in [1.29, 1.82) is 0 Å². The summed E-state index contributed by atoms with van der Waals surface area (Å²) >= 11 is 3.10. The van der Waals surface area contributed by atoms with Gasteiger partial charge in [-0.25, -0.2) is 4.39 Å². The zero-order valence-electron chi connectivity index (χ0n) is 11.2. The van der Waals surface area contributed by atoms with Crippen LogP contribution in [0.5, 0.6) is 0 Å². The average Bonchev–Trinajstić information content (AvgIpc) is 2.49. The number of aryl methyl sites for hydroxylation is 1. The van der Waals surface area contributed by atoms with Crippen LogP contribution in [-0.2, 0) is 0 Å². The molecule has 21 heavy (non-hydrogen) atoms. The monoisotopic (exact) mass is 343 g/mol. The molecule has 4 heteroatoms. The number of carbonyl (C=O) groups excluding carboxylic acids is 1. The van der Waals surface area contributed by atoms with E-state index < -0.39 is 0 Å². The summed E-state index contributed by atoms with van der Waals surface area (Å²) in [7, 11) is 0. The Morgan fingerprint density at radius 3 is 2.52 bits per heavy atom. The number of fused-ring (bicyclic) bond motifs is 1. The molecule has 3 rings (SSSR count). The van der Waals surface area contributed by atoms with E-state index in [1.165, 1.54) is 18.2 Å². The zero-order valence-corrected chi connectivity index (χ0v) is 12.8. The van der Waals surface area contributed by atoms with Gasteiger partial charge in [-0.05, 0) is 65.3 Å².